The standard InChI is InChI=1S/C22H23FN4O3S/c1-30-21-10-8-18(15-19(21)23)31(28,29)26-17-7-5-6-16(14-17)20-9-11-22(25-24-20)27-12-3-2-4-13-27/h5-11,14-15,26H,2-4,12-13H2,1H3. The zero-order valence-corrected chi connectivity index (χ0v) is 17.9. The molecule has 1 saturated heterocycles. The monoisotopic (exact) mass is 442 g/mol. The minimum Gasteiger partial charge on any atom is -0.494 e. The Balaban J connectivity index is 1.53. The quantitative estimate of drug-likeness (QED) is 0.619. The van der Waals surface area contributed by atoms with Gasteiger partial charge in [-0.05, 0) is 61.7 Å². The SMILES string of the molecule is COc1ccc(S(=O)(=O)Nc2cccc(-c3ccc(N4CCCCC4)nn3)c2)cc1F. The number of anilines is 2. The summed E-state index contributed by atoms with van der Waals surface area (Å²) in [6, 6.07) is 14.2. The molecule has 0 aliphatic carbocycles. The number of ether oxygens (including phenoxy) is 1. The second-order valence-electron chi connectivity index (χ2n) is 7.31. The van der Waals surface area contributed by atoms with Crippen LogP contribution in [-0.2, 0) is 10.0 Å². The lowest BCUT2D eigenvalue weighted by Crippen LogP contribution is -2.30. The predicted molar refractivity (Wildman–Crippen MR) is 117 cm³/mol. The molecular weight excluding hydrogens is 419 g/mol. The molecule has 0 amide bonds. The lowest BCUT2D eigenvalue weighted by Gasteiger charge is -2.27. The van der Waals surface area contributed by atoms with Gasteiger partial charge < -0.3 is 9.64 Å². The van der Waals surface area contributed by atoms with Crippen LogP contribution < -0.4 is 14.4 Å². The Morgan fingerprint density at radius 2 is 1.81 bits per heavy atom. The third kappa shape index (κ3) is 4.77. The van der Waals surface area contributed by atoms with Gasteiger partial charge in [-0.25, -0.2) is 12.8 Å². The normalized spacial score (nSPS) is 14.3. The number of benzene rings is 2. The van der Waals surface area contributed by atoms with Crippen LogP contribution in [0.4, 0.5) is 15.9 Å². The van der Waals surface area contributed by atoms with Gasteiger partial charge >= 0.3 is 0 Å². The van der Waals surface area contributed by atoms with Crippen molar-refractivity contribution in [1.29, 1.82) is 0 Å². The first-order valence-corrected chi connectivity index (χ1v) is 11.5. The molecule has 0 spiro atoms. The van der Waals surface area contributed by atoms with Gasteiger partial charge in [-0.1, -0.05) is 12.1 Å². The van der Waals surface area contributed by atoms with Gasteiger partial charge in [0.05, 0.1) is 17.7 Å². The third-order valence-electron chi connectivity index (χ3n) is 5.17. The number of sulfonamides is 1. The second kappa shape index (κ2) is 8.89. The van der Waals surface area contributed by atoms with Crippen LogP contribution in [0.1, 0.15) is 19.3 Å². The second-order valence-corrected chi connectivity index (χ2v) is 8.99. The predicted octanol–water partition coefficient (Wildman–Crippen LogP) is 4.08. The van der Waals surface area contributed by atoms with Crippen molar-refractivity contribution in [2.24, 2.45) is 0 Å². The van der Waals surface area contributed by atoms with E-state index >= 15 is 0 Å². The largest absolute Gasteiger partial charge is 0.494 e. The Labute approximate surface area is 180 Å². The van der Waals surface area contributed by atoms with Gasteiger partial charge in [0.15, 0.2) is 17.4 Å². The van der Waals surface area contributed by atoms with E-state index in [4.69, 9.17) is 4.74 Å². The summed E-state index contributed by atoms with van der Waals surface area (Å²) in [5.74, 6) is 0.0811. The molecule has 3 aromatic rings. The van der Waals surface area contributed by atoms with Gasteiger partial charge in [0.1, 0.15) is 0 Å². The summed E-state index contributed by atoms with van der Waals surface area (Å²) in [5.41, 5.74) is 1.70. The molecule has 9 heteroatoms. The lowest BCUT2D eigenvalue weighted by atomic mass is 10.1. The van der Waals surface area contributed by atoms with E-state index in [1.165, 1.54) is 25.7 Å². The molecule has 0 saturated carbocycles. The topological polar surface area (TPSA) is 84.4 Å². The minimum absolute atomic E-state index is 0.0208. The van der Waals surface area contributed by atoms with Crippen LogP contribution in [0.5, 0.6) is 5.75 Å². The maximum absolute atomic E-state index is 13.9. The zero-order chi connectivity index (χ0) is 21.8. The van der Waals surface area contributed by atoms with E-state index < -0.39 is 15.8 Å². The van der Waals surface area contributed by atoms with E-state index in [-0.39, 0.29) is 10.6 Å². The van der Waals surface area contributed by atoms with Crippen molar-refractivity contribution in [3.8, 4) is 17.0 Å². The molecule has 2 aromatic carbocycles. The highest BCUT2D eigenvalue weighted by atomic mass is 32.2. The maximum Gasteiger partial charge on any atom is 0.262 e. The smallest absolute Gasteiger partial charge is 0.262 e. The van der Waals surface area contributed by atoms with Gasteiger partial charge in [-0.15, -0.1) is 10.2 Å². The first-order valence-electron chi connectivity index (χ1n) is 10.0. The van der Waals surface area contributed by atoms with Crippen molar-refractivity contribution in [3.63, 3.8) is 0 Å². The van der Waals surface area contributed by atoms with Crippen LogP contribution in [-0.4, -0.2) is 38.8 Å². The van der Waals surface area contributed by atoms with E-state index in [9.17, 15) is 12.8 Å². The summed E-state index contributed by atoms with van der Waals surface area (Å²) < 4.78 is 46.6. The van der Waals surface area contributed by atoms with Crippen LogP contribution in [0.15, 0.2) is 59.5 Å². The number of rotatable bonds is 6. The fourth-order valence-electron chi connectivity index (χ4n) is 3.54. The van der Waals surface area contributed by atoms with Gasteiger partial charge in [0, 0.05) is 24.3 Å². The molecule has 0 unspecified atom stereocenters. The van der Waals surface area contributed by atoms with E-state index in [2.05, 4.69) is 19.8 Å². The van der Waals surface area contributed by atoms with Gasteiger partial charge in [-0.3, -0.25) is 4.72 Å². The average Bonchev–Trinajstić information content (AvgIpc) is 2.79. The van der Waals surface area contributed by atoms with Crippen molar-refractivity contribution in [1.82, 2.24) is 10.2 Å². The van der Waals surface area contributed by atoms with Gasteiger partial charge in [0.25, 0.3) is 10.0 Å². The van der Waals surface area contributed by atoms with E-state index in [1.54, 1.807) is 18.2 Å². The molecule has 1 aliphatic rings. The Morgan fingerprint density at radius 1 is 1.00 bits per heavy atom. The number of nitrogens with one attached hydrogen (secondary N) is 1. The number of hydrogen-bond acceptors (Lipinski definition) is 6. The summed E-state index contributed by atoms with van der Waals surface area (Å²) >= 11 is 0. The number of aromatic nitrogens is 2. The molecule has 1 fully saturated rings. The summed E-state index contributed by atoms with van der Waals surface area (Å²) in [5, 5.41) is 8.66. The van der Waals surface area contributed by atoms with Crippen LogP contribution in [0, 0.1) is 5.82 Å². The molecule has 162 valence electrons. The maximum atomic E-state index is 13.9. The zero-order valence-electron chi connectivity index (χ0n) is 17.1. The molecule has 2 heterocycles. The van der Waals surface area contributed by atoms with Crippen LogP contribution in [0.3, 0.4) is 0 Å². The highest BCUT2D eigenvalue weighted by molar-refractivity contribution is 7.92. The Hall–Kier alpha value is -3.20. The Bertz CT molecular complexity index is 1160. The van der Waals surface area contributed by atoms with Crippen LogP contribution in [0.25, 0.3) is 11.3 Å². The molecule has 1 aromatic heterocycles. The lowest BCUT2D eigenvalue weighted by molar-refractivity contribution is 0.385. The first-order chi connectivity index (χ1) is 15.0. The third-order valence-corrected chi connectivity index (χ3v) is 6.55. The van der Waals surface area contributed by atoms with Crippen molar-refractivity contribution in [2.75, 3.05) is 29.8 Å². The summed E-state index contributed by atoms with van der Waals surface area (Å²) in [6.45, 7) is 1.97. The summed E-state index contributed by atoms with van der Waals surface area (Å²) in [4.78, 5) is 2.03. The van der Waals surface area contributed by atoms with E-state index in [1.807, 2.05) is 18.2 Å². The molecule has 1 N–H and O–H groups in total. The number of nitrogens with zero attached hydrogens (tertiary/aromatic N) is 3. The van der Waals surface area contributed by atoms with Crippen molar-refractivity contribution >= 4 is 21.5 Å². The highest BCUT2D eigenvalue weighted by Crippen LogP contribution is 2.26. The fourth-order valence-corrected chi connectivity index (χ4v) is 4.60. The molecule has 0 radical (unpaired) electrons. The summed E-state index contributed by atoms with van der Waals surface area (Å²) in [7, 11) is -2.65. The molecule has 7 nitrogen and oxygen atoms in total. The highest BCUT2D eigenvalue weighted by Gasteiger charge is 2.18. The molecule has 0 bridgehead atoms. The van der Waals surface area contributed by atoms with Gasteiger partial charge in [0.2, 0.25) is 0 Å². The minimum atomic E-state index is -3.97. The fraction of sp³-hybridized carbons (Fsp3) is 0.273. The van der Waals surface area contributed by atoms with Crippen molar-refractivity contribution < 1.29 is 17.5 Å². The molecular formula is C22H23FN4O3S. The molecule has 1 aliphatic heterocycles. The van der Waals surface area contributed by atoms with E-state index in [0.29, 0.717) is 11.4 Å². The first kappa shape index (κ1) is 21.0. The Morgan fingerprint density at radius 3 is 2.48 bits per heavy atom. The number of piperidine rings is 1. The van der Waals surface area contributed by atoms with Crippen LogP contribution >= 0.6 is 0 Å². The summed E-state index contributed by atoms with van der Waals surface area (Å²) in [6.07, 6.45) is 3.56. The van der Waals surface area contributed by atoms with Crippen molar-refractivity contribution in [3.05, 3.63) is 60.4 Å². The molecule has 0 atom stereocenters. The molecule has 4 rings (SSSR count). The average molecular weight is 443 g/mol. The number of methoxy groups -OCH3 is 1. The van der Waals surface area contributed by atoms with E-state index in [0.717, 1.165) is 43.4 Å². The van der Waals surface area contributed by atoms with Crippen LogP contribution in [0.2, 0.25) is 0 Å². The van der Waals surface area contributed by atoms with Crippen molar-refractivity contribution in [2.45, 2.75) is 24.2 Å². The molecule has 31 heavy (non-hydrogen) atoms. The number of hydrogen-bond donors (Lipinski definition) is 1. The Kier molecular flexibility index (Phi) is 6.03. The number of halogens is 1. The van der Waals surface area contributed by atoms with Gasteiger partial charge in [-0.2, -0.15) is 0 Å².